The molecule has 0 aliphatic rings. The Morgan fingerprint density at radius 3 is 2.33 bits per heavy atom. The molecule has 4 heteroatoms. The molecule has 0 fully saturated rings. The van der Waals surface area contributed by atoms with Crippen molar-refractivity contribution in [3.05, 3.63) is 17.5 Å². The van der Waals surface area contributed by atoms with Crippen LogP contribution >= 0.6 is 0 Å². The number of likely N-dealkylation sites (N-methyl/N-ethyl adjacent to an activating group) is 1. The van der Waals surface area contributed by atoms with Gasteiger partial charge in [-0.2, -0.15) is 5.10 Å². The van der Waals surface area contributed by atoms with E-state index in [0.29, 0.717) is 12.6 Å². The van der Waals surface area contributed by atoms with E-state index in [1.807, 2.05) is 11.7 Å². The molecule has 18 heavy (non-hydrogen) atoms. The van der Waals surface area contributed by atoms with E-state index in [0.717, 1.165) is 5.69 Å². The highest BCUT2D eigenvalue weighted by atomic mass is 15.3. The number of hydrogen-bond donors (Lipinski definition) is 1. The third kappa shape index (κ3) is 3.12. The predicted molar refractivity (Wildman–Crippen MR) is 76.6 cm³/mol. The second-order valence-corrected chi connectivity index (χ2v) is 6.37. The molecule has 2 N–H and O–H groups in total. The normalized spacial score (nSPS) is 14.6. The maximum absolute atomic E-state index is 5.99. The lowest BCUT2D eigenvalue weighted by atomic mass is 9.87. The molecule has 1 heterocycles. The Hall–Kier alpha value is -0.870. The first kappa shape index (κ1) is 15.2. The first-order valence-corrected chi connectivity index (χ1v) is 6.64. The molecule has 0 spiro atoms. The van der Waals surface area contributed by atoms with E-state index in [9.17, 15) is 0 Å². The summed E-state index contributed by atoms with van der Waals surface area (Å²) < 4.78 is 1.90. The van der Waals surface area contributed by atoms with Gasteiger partial charge in [0.2, 0.25) is 0 Å². The highest BCUT2D eigenvalue weighted by Crippen LogP contribution is 2.31. The fourth-order valence-electron chi connectivity index (χ4n) is 2.21. The van der Waals surface area contributed by atoms with Crippen molar-refractivity contribution in [3.8, 4) is 0 Å². The van der Waals surface area contributed by atoms with Crippen molar-refractivity contribution in [2.45, 2.75) is 52.1 Å². The summed E-state index contributed by atoms with van der Waals surface area (Å²) in [6.45, 7) is 11.6. The van der Waals surface area contributed by atoms with Crippen molar-refractivity contribution >= 4 is 0 Å². The third-order valence-electron chi connectivity index (χ3n) is 3.46. The molecular formula is C14H28N4. The molecule has 1 aromatic rings. The molecule has 0 saturated heterocycles. The molecule has 1 unspecified atom stereocenters. The van der Waals surface area contributed by atoms with Gasteiger partial charge < -0.3 is 5.73 Å². The molecule has 0 radical (unpaired) electrons. The van der Waals surface area contributed by atoms with Gasteiger partial charge in [-0.1, -0.05) is 20.8 Å². The van der Waals surface area contributed by atoms with Gasteiger partial charge in [-0.25, -0.2) is 0 Å². The summed E-state index contributed by atoms with van der Waals surface area (Å²) in [6.07, 6.45) is 2.11. The highest BCUT2D eigenvalue weighted by molar-refractivity contribution is 5.28. The van der Waals surface area contributed by atoms with Crippen LogP contribution in [0.4, 0.5) is 0 Å². The van der Waals surface area contributed by atoms with Crippen molar-refractivity contribution in [1.82, 2.24) is 14.7 Å². The molecule has 0 aliphatic carbocycles. The average molecular weight is 252 g/mol. The van der Waals surface area contributed by atoms with Gasteiger partial charge in [0, 0.05) is 36.8 Å². The Morgan fingerprint density at radius 2 is 1.94 bits per heavy atom. The maximum atomic E-state index is 5.99. The van der Waals surface area contributed by atoms with Crippen LogP contribution in [0.1, 0.15) is 51.9 Å². The maximum Gasteiger partial charge on any atom is 0.0726 e. The molecule has 1 aromatic heterocycles. The Labute approximate surface area is 111 Å². The predicted octanol–water partition coefficient (Wildman–Crippen LogP) is 2.06. The zero-order valence-corrected chi connectivity index (χ0v) is 12.9. The van der Waals surface area contributed by atoms with E-state index in [-0.39, 0.29) is 11.5 Å². The van der Waals surface area contributed by atoms with Crippen LogP contribution in [-0.2, 0) is 12.5 Å². The zero-order chi connectivity index (χ0) is 14.1. The number of nitrogens with zero attached hydrogens (tertiary/aromatic N) is 3. The summed E-state index contributed by atoms with van der Waals surface area (Å²) in [6, 6.07) is 0.694. The summed E-state index contributed by atoms with van der Waals surface area (Å²) in [4.78, 5) is 2.31. The van der Waals surface area contributed by atoms with Crippen molar-refractivity contribution < 1.29 is 0 Å². The van der Waals surface area contributed by atoms with Crippen LogP contribution in [0.15, 0.2) is 6.20 Å². The van der Waals surface area contributed by atoms with Gasteiger partial charge in [0.25, 0.3) is 0 Å². The lowest BCUT2D eigenvalue weighted by molar-refractivity contribution is 0.199. The van der Waals surface area contributed by atoms with Crippen LogP contribution in [-0.4, -0.2) is 34.3 Å². The Bertz CT molecular complexity index is 387. The first-order valence-electron chi connectivity index (χ1n) is 6.64. The smallest absolute Gasteiger partial charge is 0.0726 e. The van der Waals surface area contributed by atoms with Crippen molar-refractivity contribution in [1.29, 1.82) is 0 Å². The second-order valence-electron chi connectivity index (χ2n) is 6.37. The van der Waals surface area contributed by atoms with Gasteiger partial charge in [-0.3, -0.25) is 9.58 Å². The summed E-state index contributed by atoms with van der Waals surface area (Å²) in [7, 11) is 4.10. The number of aromatic nitrogens is 2. The molecule has 1 atom stereocenters. The number of rotatable bonds is 4. The van der Waals surface area contributed by atoms with Crippen LogP contribution < -0.4 is 5.73 Å². The fourth-order valence-corrected chi connectivity index (χ4v) is 2.21. The summed E-state index contributed by atoms with van der Waals surface area (Å²) >= 11 is 0. The fraction of sp³-hybridized carbons (Fsp3) is 0.786. The highest BCUT2D eigenvalue weighted by Gasteiger charge is 2.28. The average Bonchev–Trinajstić information content (AvgIpc) is 2.60. The molecule has 0 amide bonds. The molecule has 0 bridgehead atoms. The topological polar surface area (TPSA) is 47.1 Å². The standard InChI is InChI=1S/C14H28N4/c1-10(2)18(7)12(8-15)11-9-17(6)16-13(11)14(3,4)5/h9-10,12H,8,15H2,1-7H3. The van der Waals surface area contributed by atoms with Gasteiger partial charge in [-0.15, -0.1) is 0 Å². The SMILES string of the molecule is CC(C)N(C)C(CN)c1cn(C)nc1C(C)(C)C. The third-order valence-corrected chi connectivity index (χ3v) is 3.46. The van der Waals surface area contributed by atoms with E-state index in [2.05, 4.69) is 57.9 Å². The Kier molecular flexibility index (Phi) is 4.56. The van der Waals surface area contributed by atoms with E-state index in [1.54, 1.807) is 0 Å². The van der Waals surface area contributed by atoms with Gasteiger partial charge in [0.05, 0.1) is 11.7 Å². The molecule has 104 valence electrons. The van der Waals surface area contributed by atoms with E-state index >= 15 is 0 Å². The monoisotopic (exact) mass is 252 g/mol. The number of hydrogen-bond acceptors (Lipinski definition) is 3. The van der Waals surface area contributed by atoms with Crippen LogP contribution in [0.25, 0.3) is 0 Å². The molecule has 0 aromatic carbocycles. The number of nitrogens with two attached hydrogens (primary N) is 1. The minimum absolute atomic E-state index is 0.0435. The number of aryl methyl sites for hydroxylation is 1. The largest absolute Gasteiger partial charge is 0.329 e. The Morgan fingerprint density at radius 1 is 1.39 bits per heavy atom. The van der Waals surface area contributed by atoms with E-state index in [1.165, 1.54) is 5.56 Å². The summed E-state index contributed by atoms with van der Waals surface area (Å²) in [5.74, 6) is 0. The van der Waals surface area contributed by atoms with Crippen LogP contribution in [0.5, 0.6) is 0 Å². The minimum atomic E-state index is 0.0435. The molecule has 0 saturated carbocycles. The van der Waals surface area contributed by atoms with E-state index < -0.39 is 0 Å². The van der Waals surface area contributed by atoms with Gasteiger partial charge >= 0.3 is 0 Å². The minimum Gasteiger partial charge on any atom is -0.329 e. The van der Waals surface area contributed by atoms with Crippen molar-refractivity contribution in [2.24, 2.45) is 12.8 Å². The van der Waals surface area contributed by atoms with Gasteiger partial charge in [0.15, 0.2) is 0 Å². The molecule has 4 nitrogen and oxygen atoms in total. The van der Waals surface area contributed by atoms with Gasteiger partial charge in [-0.05, 0) is 20.9 Å². The molecule has 1 rings (SSSR count). The van der Waals surface area contributed by atoms with Crippen LogP contribution in [0, 0.1) is 0 Å². The first-order chi connectivity index (χ1) is 8.18. The second kappa shape index (κ2) is 5.41. The lowest BCUT2D eigenvalue weighted by Gasteiger charge is -2.32. The molecule has 0 aliphatic heterocycles. The van der Waals surface area contributed by atoms with Crippen molar-refractivity contribution in [2.75, 3.05) is 13.6 Å². The Balaban J connectivity index is 3.21. The van der Waals surface area contributed by atoms with E-state index in [4.69, 9.17) is 5.73 Å². The van der Waals surface area contributed by atoms with Crippen molar-refractivity contribution in [3.63, 3.8) is 0 Å². The van der Waals surface area contributed by atoms with Crippen LogP contribution in [0.2, 0.25) is 0 Å². The lowest BCUT2D eigenvalue weighted by Crippen LogP contribution is -2.36. The quantitative estimate of drug-likeness (QED) is 0.892. The zero-order valence-electron chi connectivity index (χ0n) is 12.9. The summed E-state index contributed by atoms with van der Waals surface area (Å²) in [5.41, 5.74) is 8.43. The van der Waals surface area contributed by atoms with Crippen LogP contribution in [0.3, 0.4) is 0 Å². The summed E-state index contributed by atoms with van der Waals surface area (Å²) in [5, 5.41) is 4.63. The van der Waals surface area contributed by atoms with Gasteiger partial charge in [0.1, 0.15) is 0 Å². The molecular weight excluding hydrogens is 224 g/mol.